The summed E-state index contributed by atoms with van der Waals surface area (Å²) in [5, 5.41) is 0.971. The SMILES string of the molecule is CC(C)Oc1cc(N2CCC(C)C2CBr)ncn1. The maximum atomic E-state index is 5.62. The number of halogens is 1. The fourth-order valence-corrected chi connectivity index (χ4v) is 3.31. The minimum atomic E-state index is 0.136. The first kappa shape index (κ1) is 13.6. The molecule has 100 valence electrons. The lowest BCUT2D eigenvalue weighted by atomic mass is 10.1. The van der Waals surface area contributed by atoms with Gasteiger partial charge in [0.05, 0.1) is 6.10 Å². The Hall–Kier alpha value is -0.840. The number of anilines is 1. The van der Waals surface area contributed by atoms with Gasteiger partial charge in [-0.05, 0) is 26.2 Å². The average Bonchev–Trinajstić information content (AvgIpc) is 2.70. The smallest absolute Gasteiger partial charge is 0.218 e. The van der Waals surface area contributed by atoms with Crippen molar-refractivity contribution in [2.45, 2.75) is 39.3 Å². The first-order chi connectivity index (χ1) is 8.61. The Bertz CT molecular complexity index is 400. The quantitative estimate of drug-likeness (QED) is 0.801. The van der Waals surface area contributed by atoms with Crippen LogP contribution in [0.4, 0.5) is 5.82 Å². The highest BCUT2D eigenvalue weighted by Gasteiger charge is 2.31. The molecular weight excluding hydrogens is 294 g/mol. The average molecular weight is 314 g/mol. The van der Waals surface area contributed by atoms with Gasteiger partial charge in [0.25, 0.3) is 0 Å². The van der Waals surface area contributed by atoms with Crippen LogP contribution in [0.15, 0.2) is 12.4 Å². The van der Waals surface area contributed by atoms with Crippen LogP contribution in [0, 0.1) is 5.92 Å². The largest absolute Gasteiger partial charge is 0.475 e. The van der Waals surface area contributed by atoms with Crippen molar-refractivity contribution in [1.29, 1.82) is 0 Å². The summed E-state index contributed by atoms with van der Waals surface area (Å²) in [6.07, 6.45) is 2.93. The van der Waals surface area contributed by atoms with E-state index in [-0.39, 0.29) is 6.10 Å². The second-order valence-electron chi connectivity index (χ2n) is 5.06. The Labute approximate surface area is 117 Å². The van der Waals surface area contributed by atoms with Gasteiger partial charge in [0.2, 0.25) is 5.88 Å². The molecule has 0 saturated carbocycles. The van der Waals surface area contributed by atoms with Crippen molar-refractivity contribution in [2.24, 2.45) is 5.92 Å². The lowest BCUT2D eigenvalue weighted by molar-refractivity contribution is 0.232. The Morgan fingerprint density at radius 3 is 2.94 bits per heavy atom. The van der Waals surface area contributed by atoms with E-state index in [0.717, 1.165) is 17.7 Å². The van der Waals surface area contributed by atoms with Crippen LogP contribution in [-0.2, 0) is 0 Å². The summed E-state index contributed by atoms with van der Waals surface area (Å²) in [5.74, 6) is 2.31. The molecule has 1 aliphatic rings. The molecule has 0 aliphatic carbocycles. The fourth-order valence-electron chi connectivity index (χ4n) is 2.32. The van der Waals surface area contributed by atoms with Gasteiger partial charge in [0.1, 0.15) is 12.1 Å². The molecule has 0 radical (unpaired) electrons. The molecule has 1 aromatic rings. The third-order valence-electron chi connectivity index (χ3n) is 3.32. The molecule has 1 aromatic heterocycles. The van der Waals surface area contributed by atoms with Gasteiger partial charge < -0.3 is 9.64 Å². The van der Waals surface area contributed by atoms with Crippen molar-refractivity contribution in [1.82, 2.24) is 9.97 Å². The van der Waals surface area contributed by atoms with Crippen LogP contribution < -0.4 is 9.64 Å². The fraction of sp³-hybridized carbons (Fsp3) is 0.692. The molecule has 0 aromatic carbocycles. The number of hydrogen-bond acceptors (Lipinski definition) is 4. The van der Waals surface area contributed by atoms with Crippen molar-refractivity contribution >= 4 is 21.7 Å². The zero-order valence-electron chi connectivity index (χ0n) is 11.1. The van der Waals surface area contributed by atoms with E-state index in [1.165, 1.54) is 6.42 Å². The lowest BCUT2D eigenvalue weighted by Gasteiger charge is -2.26. The first-order valence-corrected chi connectivity index (χ1v) is 7.55. The van der Waals surface area contributed by atoms with Gasteiger partial charge in [-0.1, -0.05) is 22.9 Å². The summed E-state index contributed by atoms with van der Waals surface area (Å²) in [4.78, 5) is 10.9. The molecule has 4 nitrogen and oxygen atoms in total. The molecule has 1 fully saturated rings. The van der Waals surface area contributed by atoms with Crippen LogP contribution in [0.25, 0.3) is 0 Å². The maximum absolute atomic E-state index is 5.62. The monoisotopic (exact) mass is 313 g/mol. The van der Waals surface area contributed by atoms with Gasteiger partial charge in [-0.15, -0.1) is 0 Å². The first-order valence-electron chi connectivity index (χ1n) is 6.43. The lowest BCUT2D eigenvalue weighted by Crippen LogP contribution is -2.34. The van der Waals surface area contributed by atoms with E-state index < -0.39 is 0 Å². The molecule has 1 aliphatic heterocycles. The van der Waals surface area contributed by atoms with E-state index >= 15 is 0 Å². The summed E-state index contributed by atoms with van der Waals surface area (Å²) in [6.45, 7) is 7.34. The van der Waals surface area contributed by atoms with Crippen LogP contribution in [-0.4, -0.2) is 34.0 Å². The highest BCUT2D eigenvalue weighted by atomic mass is 79.9. The molecule has 2 rings (SSSR count). The molecule has 0 spiro atoms. The molecular formula is C13H20BrN3O. The topological polar surface area (TPSA) is 38.2 Å². The van der Waals surface area contributed by atoms with Crippen molar-refractivity contribution in [3.63, 3.8) is 0 Å². The molecule has 1 saturated heterocycles. The van der Waals surface area contributed by atoms with Crippen LogP contribution in [0.1, 0.15) is 27.2 Å². The van der Waals surface area contributed by atoms with Crippen molar-refractivity contribution < 1.29 is 4.74 Å². The predicted octanol–water partition coefficient (Wildman–Crippen LogP) is 2.87. The summed E-state index contributed by atoms with van der Waals surface area (Å²) in [5.41, 5.74) is 0. The van der Waals surface area contributed by atoms with Crippen LogP contribution in [0.2, 0.25) is 0 Å². The number of hydrogen-bond donors (Lipinski definition) is 0. The van der Waals surface area contributed by atoms with Gasteiger partial charge in [0.15, 0.2) is 0 Å². The maximum Gasteiger partial charge on any atom is 0.218 e. The van der Waals surface area contributed by atoms with Gasteiger partial charge in [-0.25, -0.2) is 9.97 Å². The molecule has 2 unspecified atom stereocenters. The van der Waals surface area contributed by atoms with Crippen molar-refractivity contribution in [2.75, 3.05) is 16.8 Å². The Morgan fingerprint density at radius 2 is 2.28 bits per heavy atom. The number of aromatic nitrogens is 2. The number of nitrogens with zero attached hydrogens (tertiary/aromatic N) is 3. The Balaban J connectivity index is 2.17. The molecule has 18 heavy (non-hydrogen) atoms. The van der Waals surface area contributed by atoms with Crippen molar-refractivity contribution in [3.05, 3.63) is 12.4 Å². The highest BCUT2D eigenvalue weighted by Crippen LogP contribution is 2.30. The number of ether oxygens (including phenoxy) is 1. The third-order valence-corrected chi connectivity index (χ3v) is 3.98. The van der Waals surface area contributed by atoms with Crippen LogP contribution >= 0.6 is 15.9 Å². The Kier molecular flexibility index (Phi) is 4.43. The summed E-state index contributed by atoms with van der Waals surface area (Å²) in [7, 11) is 0. The Morgan fingerprint density at radius 1 is 1.50 bits per heavy atom. The second kappa shape index (κ2) is 5.87. The zero-order chi connectivity index (χ0) is 13.1. The molecule has 0 N–H and O–H groups in total. The van der Waals surface area contributed by atoms with E-state index in [9.17, 15) is 0 Å². The van der Waals surface area contributed by atoms with E-state index in [2.05, 4.69) is 37.7 Å². The molecule has 0 amide bonds. The second-order valence-corrected chi connectivity index (χ2v) is 5.71. The molecule has 2 atom stereocenters. The molecule has 0 bridgehead atoms. The van der Waals surface area contributed by atoms with Gasteiger partial charge in [-0.3, -0.25) is 0 Å². The van der Waals surface area contributed by atoms with Gasteiger partial charge in [0, 0.05) is 24.0 Å². The minimum absolute atomic E-state index is 0.136. The van der Waals surface area contributed by atoms with E-state index in [1.54, 1.807) is 6.33 Å². The third kappa shape index (κ3) is 2.94. The minimum Gasteiger partial charge on any atom is -0.475 e. The van der Waals surface area contributed by atoms with E-state index in [1.807, 2.05) is 19.9 Å². The standard InChI is InChI=1S/C13H20BrN3O/c1-9(2)18-13-6-12(15-8-16-13)17-5-4-10(3)11(17)7-14/h6,8-11H,4-5,7H2,1-3H3. The van der Waals surface area contributed by atoms with Gasteiger partial charge >= 0.3 is 0 Å². The summed E-state index contributed by atoms with van der Waals surface area (Å²) >= 11 is 3.60. The van der Waals surface area contributed by atoms with Crippen LogP contribution in [0.3, 0.4) is 0 Å². The zero-order valence-corrected chi connectivity index (χ0v) is 12.7. The number of rotatable bonds is 4. The highest BCUT2D eigenvalue weighted by molar-refractivity contribution is 9.09. The van der Waals surface area contributed by atoms with Crippen molar-refractivity contribution in [3.8, 4) is 5.88 Å². The predicted molar refractivity (Wildman–Crippen MR) is 76.5 cm³/mol. The number of alkyl halides is 1. The van der Waals surface area contributed by atoms with E-state index in [4.69, 9.17) is 4.74 Å². The summed E-state index contributed by atoms with van der Waals surface area (Å²) in [6, 6.07) is 2.44. The molecule has 5 heteroatoms. The normalized spacial score (nSPS) is 23.7. The van der Waals surface area contributed by atoms with Crippen LogP contribution in [0.5, 0.6) is 5.88 Å². The van der Waals surface area contributed by atoms with E-state index in [0.29, 0.717) is 17.8 Å². The summed E-state index contributed by atoms with van der Waals surface area (Å²) < 4.78 is 5.62. The molecule has 2 heterocycles. The van der Waals surface area contributed by atoms with Gasteiger partial charge in [-0.2, -0.15) is 0 Å².